The van der Waals surface area contributed by atoms with Gasteiger partial charge in [0.05, 0.1) is 0 Å². The first-order valence-electron chi connectivity index (χ1n) is 7.58. The molecule has 6 atom stereocenters. The number of rotatable bonds is 7. The minimum atomic E-state index is -6.13. The summed E-state index contributed by atoms with van der Waals surface area (Å²) in [7, 11) is -18.0. The molecule has 8 N–H and O–H groups in total. The van der Waals surface area contributed by atoms with Crippen molar-refractivity contribution in [1.82, 2.24) is 9.55 Å². The zero-order valence-corrected chi connectivity index (χ0v) is 18.6. The molecule has 1 fully saturated rings. The number of nitrogens with zero attached hydrogens (tertiary/aromatic N) is 2. The molecule has 1 aliphatic rings. The van der Waals surface area contributed by atoms with Crippen LogP contribution in [0.4, 0.5) is 23.4 Å². The predicted octanol–water partition coefficient (Wildman–Crippen LogP) is 0.186. The van der Waals surface area contributed by atoms with Crippen molar-refractivity contribution in [1.29, 1.82) is 0 Å². The maximum atomic E-state index is 13.7. The zero-order valence-electron chi connectivity index (χ0n) is 15.1. The van der Waals surface area contributed by atoms with Crippen LogP contribution in [-0.4, -0.2) is 63.5 Å². The van der Waals surface area contributed by atoms with E-state index >= 15 is 0 Å². The monoisotopic (exact) mass is 571 g/mol. The topological polar surface area (TPSA) is 253 Å². The maximum absolute atomic E-state index is 13.7. The fourth-order valence-corrected chi connectivity index (χ4v) is 5.72. The molecule has 16 nitrogen and oxygen atoms in total. The van der Waals surface area contributed by atoms with Crippen LogP contribution in [0.5, 0.6) is 0 Å². The Morgan fingerprint density at radius 2 is 1.73 bits per heavy atom. The van der Waals surface area contributed by atoms with Crippen LogP contribution >= 0.6 is 35.7 Å². The predicted molar refractivity (Wildman–Crippen MR) is 93.3 cm³/mol. The van der Waals surface area contributed by atoms with E-state index in [4.69, 9.17) is 20.4 Å². The van der Waals surface area contributed by atoms with Crippen LogP contribution < -0.4 is 5.73 Å². The Kier molecular flexibility index (Phi) is 7.70. The molecule has 0 bridgehead atoms. The summed E-state index contributed by atoms with van der Waals surface area (Å²) in [5.41, 5.74) is 0.687. The third-order valence-electron chi connectivity index (χ3n) is 3.64. The fourth-order valence-electron chi connectivity index (χ4n) is 2.38. The van der Waals surface area contributed by atoms with Gasteiger partial charge in [0.1, 0.15) is 6.10 Å². The van der Waals surface area contributed by atoms with Gasteiger partial charge in [0.2, 0.25) is 16.7 Å². The van der Waals surface area contributed by atoms with Gasteiger partial charge in [0.25, 0.3) is 0 Å². The SMILES string of the molecule is Nc1nc(=S)n([C@@H]2OC(OP(=O)(O)OP(=O)(O)OP(=O)(O)O)[C@H](O)C2(O)C(F)(F)F)cc1F. The van der Waals surface area contributed by atoms with Crippen molar-refractivity contribution in [3.8, 4) is 0 Å². The van der Waals surface area contributed by atoms with Gasteiger partial charge in [0.15, 0.2) is 17.9 Å². The Bertz CT molecular complexity index is 1130. The summed E-state index contributed by atoms with van der Waals surface area (Å²) in [6.07, 6.45) is -14.9. The molecule has 0 aromatic carbocycles. The van der Waals surface area contributed by atoms with Crippen molar-refractivity contribution in [2.75, 3.05) is 5.73 Å². The van der Waals surface area contributed by atoms with Crippen molar-refractivity contribution >= 4 is 41.5 Å². The average Bonchev–Trinajstić information content (AvgIpc) is 2.80. The van der Waals surface area contributed by atoms with E-state index in [-0.39, 0.29) is 10.8 Å². The second-order valence-corrected chi connectivity index (χ2v) is 10.7. The molecule has 1 saturated heterocycles. The molecule has 1 aromatic rings. The summed E-state index contributed by atoms with van der Waals surface area (Å²) in [5, 5.41) is 20.1. The quantitative estimate of drug-likeness (QED) is 0.131. The van der Waals surface area contributed by atoms with Crippen LogP contribution in [-0.2, 0) is 31.6 Å². The van der Waals surface area contributed by atoms with Gasteiger partial charge in [-0.2, -0.15) is 26.8 Å². The highest BCUT2D eigenvalue weighted by molar-refractivity contribution is 7.71. The Labute approximate surface area is 183 Å². The molecule has 1 aromatic heterocycles. The molecule has 24 heteroatoms. The third kappa shape index (κ3) is 6.22. The van der Waals surface area contributed by atoms with Crippen LogP contribution in [0, 0.1) is 10.6 Å². The molecule has 0 spiro atoms. The molecule has 33 heavy (non-hydrogen) atoms. The van der Waals surface area contributed by atoms with Crippen molar-refractivity contribution in [3.05, 3.63) is 16.8 Å². The van der Waals surface area contributed by atoms with Gasteiger partial charge in [-0.15, -0.1) is 0 Å². The van der Waals surface area contributed by atoms with Gasteiger partial charge in [-0.3, -0.25) is 9.09 Å². The second-order valence-electron chi connectivity index (χ2n) is 5.99. The average molecular weight is 571 g/mol. The van der Waals surface area contributed by atoms with Gasteiger partial charge in [0, 0.05) is 6.20 Å². The number of hydrogen-bond acceptors (Lipinski definition) is 12. The van der Waals surface area contributed by atoms with Crippen molar-refractivity contribution in [3.63, 3.8) is 0 Å². The van der Waals surface area contributed by atoms with Gasteiger partial charge < -0.3 is 40.3 Å². The van der Waals surface area contributed by atoms with Gasteiger partial charge in [-0.05, 0) is 12.2 Å². The number of halogens is 4. The zero-order chi connectivity index (χ0) is 25.8. The van der Waals surface area contributed by atoms with E-state index in [2.05, 4.69) is 35.1 Å². The summed E-state index contributed by atoms with van der Waals surface area (Å²) in [5.74, 6) is -2.32. The lowest BCUT2D eigenvalue weighted by molar-refractivity contribution is -0.304. The number of aromatic nitrogens is 2. The Morgan fingerprint density at radius 1 is 1.18 bits per heavy atom. The molecular formula is C9H12F4N3O13P3S. The van der Waals surface area contributed by atoms with E-state index < -0.39 is 70.3 Å². The first-order valence-corrected chi connectivity index (χ1v) is 12.5. The minimum Gasteiger partial charge on any atom is -0.384 e. The Morgan fingerprint density at radius 3 is 2.21 bits per heavy atom. The maximum Gasteiger partial charge on any atom is 0.490 e. The fraction of sp³-hybridized carbons (Fsp3) is 0.556. The molecule has 0 saturated carbocycles. The number of alkyl halides is 3. The lowest BCUT2D eigenvalue weighted by Crippen LogP contribution is -2.57. The number of aliphatic hydroxyl groups is 2. The van der Waals surface area contributed by atoms with Gasteiger partial charge in [-0.1, -0.05) is 0 Å². The Hall–Kier alpha value is -0.890. The van der Waals surface area contributed by atoms with E-state index in [0.29, 0.717) is 0 Å². The normalized spacial score (nSPS) is 30.1. The summed E-state index contributed by atoms with van der Waals surface area (Å²) in [6.45, 7) is 0. The van der Waals surface area contributed by atoms with Crippen molar-refractivity contribution in [2.24, 2.45) is 0 Å². The summed E-state index contributed by atoms with van der Waals surface area (Å²) < 4.78 is 103. The summed E-state index contributed by atoms with van der Waals surface area (Å²) in [4.78, 5) is 38.6. The molecule has 0 aliphatic carbocycles. The number of nitrogens with two attached hydrogens (primary N) is 1. The smallest absolute Gasteiger partial charge is 0.384 e. The highest BCUT2D eigenvalue weighted by Crippen LogP contribution is 2.67. The van der Waals surface area contributed by atoms with E-state index in [0.717, 1.165) is 0 Å². The highest BCUT2D eigenvalue weighted by atomic mass is 32.1. The molecule has 0 amide bonds. The number of aliphatic hydroxyl groups excluding tert-OH is 1. The first kappa shape index (κ1) is 28.3. The molecule has 4 unspecified atom stereocenters. The van der Waals surface area contributed by atoms with Crippen LogP contribution in [0.2, 0.25) is 0 Å². The molecule has 0 radical (unpaired) electrons. The lowest BCUT2D eigenvalue weighted by Gasteiger charge is -2.33. The number of nitrogen functional groups attached to an aromatic ring is 1. The largest absolute Gasteiger partial charge is 0.490 e. The van der Waals surface area contributed by atoms with Gasteiger partial charge >= 0.3 is 29.6 Å². The van der Waals surface area contributed by atoms with Gasteiger partial charge in [-0.25, -0.2) is 18.1 Å². The standard InChI is InChI=1S/C9H12F4N3O13P3S/c10-2-1-16(7(33)15-4(2)14)6-8(18,9(11,12)13)3(17)5(26-6)27-31(22,23)29-32(24,25)28-30(19,20)21/h1,3,5-6,17-18H,(H,22,23)(H,24,25)(H2,14,15,33)(H2,19,20,21)/t3-,5?,6+,8?/m0/s1. The molecule has 2 heterocycles. The molecule has 190 valence electrons. The van der Waals surface area contributed by atoms with E-state index in [1.165, 1.54) is 0 Å². The van der Waals surface area contributed by atoms with Crippen LogP contribution in [0.25, 0.3) is 0 Å². The van der Waals surface area contributed by atoms with Crippen LogP contribution in [0.15, 0.2) is 6.20 Å². The van der Waals surface area contributed by atoms with E-state index in [1.54, 1.807) is 0 Å². The number of anilines is 1. The highest BCUT2D eigenvalue weighted by Gasteiger charge is 2.72. The first-order chi connectivity index (χ1) is 14.6. The molecular weight excluding hydrogens is 559 g/mol. The number of phosphoric ester groups is 1. The number of hydrogen-bond donors (Lipinski definition) is 7. The van der Waals surface area contributed by atoms with E-state index in [1.807, 2.05) is 0 Å². The minimum absolute atomic E-state index is 0.0259. The third-order valence-corrected chi connectivity index (χ3v) is 7.75. The van der Waals surface area contributed by atoms with E-state index in [9.17, 15) is 46.4 Å². The second kappa shape index (κ2) is 8.96. The number of ether oxygens (including phenoxy) is 1. The van der Waals surface area contributed by atoms with Crippen LogP contribution in [0.3, 0.4) is 0 Å². The van der Waals surface area contributed by atoms with Crippen molar-refractivity contribution < 1.29 is 78.9 Å². The molecule has 2 rings (SSSR count). The lowest BCUT2D eigenvalue weighted by atomic mass is 9.96. The summed E-state index contributed by atoms with van der Waals surface area (Å²) in [6, 6.07) is 0. The van der Waals surface area contributed by atoms with Crippen LogP contribution in [0.1, 0.15) is 6.23 Å². The van der Waals surface area contributed by atoms with Crippen molar-refractivity contribution in [2.45, 2.75) is 30.4 Å². The summed E-state index contributed by atoms with van der Waals surface area (Å²) >= 11 is 4.61. The molecule has 1 aliphatic heterocycles. The Balaban J connectivity index is 2.44. The number of phosphoric acid groups is 3.